The van der Waals surface area contributed by atoms with Crippen LogP contribution in [0.3, 0.4) is 0 Å². The van der Waals surface area contributed by atoms with Gasteiger partial charge in [0, 0.05) is 19.0 Å². The van der Waals surface area contributed by atoms with Crippen LogP contribution >= 0.6 is 0 Å². The summed E-state index contributed by atoms with van der Waals surface area (Å²) in [5.74, 6) is 1.13. The minimum Gasteiger partial charge on any atom is -0.340 e. The zero-order chi connectivity index (χ0) is 13.5. The number of hydrogen-bond donors (Lipinski definition) is 1. The molecule has 3 nitrogen and oxygen atoms in total. The van der Waals surface area contributed by atoms with Crippen molar-refractivity contribution in [1.29, 1.82) is 0 Å². The van der Waals surface area contributed by atoms with E-state index in [4.69, 9.17) is 0 Å². The number of carbonyl (C=O) groups excluding carboxylic acids is 1. The summed E-state index contributed by atoms with van der Waals surface area (Å²) in [6, 6.07) is 0.538. The molecule has 3 heteroatoms. The molecule has 2 rings (SSSR count). The van der Waals surface area contributed by atoms with E-state index < -0.39 is 0 Å². The van der Waals surface area contributed by atoms with Gasteiger partial charge in [-0.3, -0.25) is 4.79 Å². The fraction of sp³-hybridized carbons (Fsp3) is 0.938. The molecule has 1 saturated heterocycles. The minimum absolute atomic E-state index is 0.403. The summed E-state index contributed by atoms with van der Waals surface area (Å²) in [4.78, 5) is 14.6. The SMILES string of the molecule is CCN(C(=O)CCC1CCCNC1)C1CCCCC1. The third-order valence-corrected chi connectivity index (χ3v) is 4.84. The number of piperidine rings is 1. The fourth-order valence-corrected chi connectivity index (χ4v) is 3.67. The molecule has 0 aromatic rings. The first-order chi connectivity index (χ1) is 9.31. The molecule has 0 aromatic carbocycles. The summed E-state index contributed by atoms with van der Waals surface area (Å²) in [5, 5.41) is 3.44. The molecule has 0 spiro atoms. The molecular formula is C16H30N2O. The van der Waals surface area contributed by atoms with Crippen LogP contribution in [0.5, 0.6) is 0 Å². The van der Waals surface area contributed by atoms with E-state index in [0.717, 1.165) is 38.4 Å². The molecule has 1 N–H and O–H groups in total. The van der Waals surface area contributed by atoms with Crippen molar-refractivity contribution in [2.45, 2.75) is 70.8 Å². The normalized spacial score (nSPS) is 25.2. The minimum atomic E-state index is 0.403. The number of nitrogens with zero attached hydrogens (tertiary/aromatic N) is 1. The van der Waals surface area contributed by atoms with E-state index in [-0.39, 0.29) is 0 Å². The van der Waals surface area contributed by atoms with Crippen LogP contribution in [-0.4, -0.2) is 36.5 Å². The van der Waals surface area contributed by atoms with Gasteiger partial charge >= 0.3 is 0 Å². The Morgan fingerprint density at radius 1 is 1.16 bits per heavy atom. The third kappa shape index (κ3) is 4.48. The molecule has 1 unspecified atom stereocenters. The van der Waals surface area contributed by atoms with Gasteiger partial charge in [-0.05, 0) is 58.0 Å². The van der Waals surface area contributed by atoms with Crippen LogP contribution in [0.1, 0.15) is 64.7 Å². The number of rotatable bonds is 5. The van der Waals surface area contributed by atoms with Crippen LogP contribution in [0.2, 0.25) is 0 Å². The molecule has 2 aliphatic rings. The second-order valence-electron chi connectivity index (χ2n) is 6.22. The topological polar surface area (TPSA) is 32.3 Å². The lowest BCUT2D eigenvalue weighted by atomic mass is 9.92. The van der Waals surface area contributed by atoms with Crippen LogP contribution in [0.15, 0.2) is 0 Å². The van der Waals surface area contributed by atoms with Crippen molar-refractivity contribution in [3.8, 4) is 0 Å². The molecule has 0 aromatic heterocycles. The highest BCUT2D eigenvalue weighted by atomic mass is 16.2. The second kappa shape index (κ2) is 7.88. The lowest BCUT2D eigenvalue weighted by molar-refractivity contribution is -0.134. The molecule has 1 atom stereocenters. The van der Waals surface area contributed by atoms with Gasteiger partial charge in [0.05, 0.1) is 0 Å². The first kappa shape index (κ1) is 14.8. The first-order valence-corrected chi connectivity index (χ1v) is 8.31. The standard InChI is InChI=1S/C16H30N2O/c1-2-18(15-8-4-3-5-9-15)16(19)11-10-14-7-6-12-17-13-14/h14-15,17H,2-13H2,1H3. The van der Waals surface area contributed by atoms with Crippen LogP contribution < -0.4 is 5.32 Å². The molecule has 0 bridgehead atoms. The molecule has 1 aliphatic heterocycles. The lowest BCUT2D eigenvalue weighted by Gasteiger charge is -2.34. The van der Waals surface area contributed by atoms with E-state index in [1.54, 1.807) is 0 Å². The maximum Gasteiger partial charge on any atom is 0.222 e. The van der Waals surface area contributed by atoms with Gasteiger partial charge in [0.1, 0.15) is 0 Å². The molecule has 1 saturated carbocycles. The number of carbonyl (C=O) groups is 1. The Labute approximate surface area is 118 Å². The van der Waals surface area contributed by atoms with Crippen molar-refractivity contribution < 1.29 is 4.79 Å². The summed E-state index contributed by atoms with van der Waals surface area (Å²) < 4.78 is 0. The van der Waals surface area contributed by atoms with Crippen LogP contribution in [0.4, 0.5) is 0 Å². The lowest BCUT2D eigenvalue weighted by Crippen LogP contribution is -2.41. The van der Waals surface area contributed by atoms with Crippen LogP contribution in [0.25, 0.3) is 0 Å². The van der Waals surface area contributed by atoms with Gasteiger partial charge in [0.25, 0.3) is 0 Å². The molecular weight excluding hydrogens is 236 g/mol. The van der Waals surface area contributed by atoms with Gasteiger partial charge < -0.3 is 10.2 Å². The average Bonchev–Trinajstić information content (AvgIpc) is 2.48. The maximum absolute atomic E-state index is 12.4. The summed E-state index contributed by atoms with van der Waals surface area (Å²) >= 11 is 0. The van der Waals surface area contributed by atoms with Crippen molar-refractivity contribution in [2.24, 2.45) is 5.92 Å². The number of hydrogen-bond acceptors (Lipinski definition) is 2. The largest absolute Gasteiger partial charge is 0.340 e. The van der Waals surface area contributed by atoms with Crippen LogP contribution in [-0.2, 0) is 4.79 Å². The molecule has 1 amide bonds. The highest BCUT2D eigenvalue weighted by molar-refractivity contribution is 5.76. The van der Waals surface area contributed by atoms with E-state index in [0.29, 0.717) is 11.9 Å². The van der Waals surface area contributed by atoms with Gasteiger partial charge in [-0.15, -0.1) is 0 Å². The van der Waals surface area contributed by atoms with Gasteiger partial charge in [0.15, 0.2) is 0 Å². The van der Waals surface area contributed by atoms with Crippen LogP contribution in [0, 0.1) is 5.92 Å². The number of amides is 1. The van der Waals surface area contributed by atoms with Crippen molar-refractivity contribution >= 4 is 5.91 Å². The van der Waals surface area contributed by atoms with Gasteiger partial charge in [-0.25, -0.2) is 0 Å². The van der Waals surface area contributed by atoms with Gasteiger partial charge in [-0.1, -0.05) is 19.3 Å². The Hall–Kier alpha value is -0.570. The molecule has 2 fully saturated rings. The summed E-state index contributed by atoms with van der Waals surface area (Å²) in [6.45, 7) is 5.30. The Balaban J connectivity index is 1.75. The van der Waals surface area contributed by atoms with E-state index in [2.05, 4.69) is 17.1 Å². The Morgan fingerprint density at radius 3 is 2.58 bits per heavy atom. The zero-order valence-corrected chi connectivity index (χ0v) is 12.5. The second-order valence-corrected chi connectivity index (χ2v) is 6.22. The monoisotopic (exact) mass is 266 g/mol. The Kier molecular flexibility index (Phi) is 6.15. The predicted molar refractivity (Wildman–Crippen MR) is 79.1 cm³/mol. The highest BCUT2D eigenvalue weighted by Gasteiger charge is 2.24. The molecule has 19 heavy (non-hydrogen) atoms. The molecule has 0 radical (unpaired) electrons. The zero-order valence-electron chi connectivity index (χ0n) is 12.5. The molecule has 1 heterocycles. The van der Waals surface area contributed by atoms with E-state index >= 15 is 0 Å². The number of nitrogens with one attached hydrogen (secondary N) is 1. The molecule has 1 aliphatic carbocycles. The summed E-state index contributed by atoms with van der Waals surface area (Å²) in [6.07, 6.45) is 10.8. The maximum atomic E-state index is 12.4. The van der Waals surface area contributed by atoms with E-state index in [9.17, 15) is 4.79 Å². The smallest absolute Gasteiger partial charge is 0.222 e. The summed E-state index contributed by atoms with van der Waals surface area (Å²) in [5.41, 5.74) is 0. The average molecular weight is 266 g/mol. The van der Waals surface area contributed by atoms with Gasteiger partial charge in [-0.2, -0.15) is 0 Å². The predicted octanol–water partition coefficient (Wildman–Crippen LogP) is 2.95. The summed E-state index contributed by atoms with van der Waals surface area (Å²) in [7, 11) is 0. The van der Waals surface area contributed by atoms with Gasteiger partial charge in [0.2, 0.25) is 5.91 Å². The van der Waals surface area contributed by atoms with Crippen molar-refractivity contribution in [3.63, 3.8) is 0 Å². The molecule has 110 valence electrons. The van der Waals surface area contributed by atoms with Crippen molar-refractivity contribution in [1.82, 2.24) is 10.2 Å². The fourth-order valence-electron chi connectivity index (χ4n) is 3.67. The first-order valence-electron chi connectivity index (χ1n) is 8.31. The van der Waals surface area contributed by atoms with E-state index in [1.165, 1.54) is 44.9 Å². The quantitative estimate of drug-likeness (QED) is 0.830. The highest BCUT2D eigenvalue weighted by Crippen LogP contribution is 2.24. The van der Waals surface area contributed by atoms with Crippen molar-refractivity contribution in [2.75, 3.05) is 19.6 Å². The van der Waals surface area contributed by atoms with Crippen molar-refractivity contribution in [3.05, 3.63) is 0 Å². The van der Waals surface area contributed by atoms with E-state index in [1.807, 2.05) is 0 Å². The Morgan fingerprint density at radius 2 is 1.95 bits per heavy atom. The Bertz CT molecular complexity index is 268. The third-order valence-electron chi connectivity index (χ3n) is 4.84.